The Morgan fingerprint density at radius 2 is 1.85 bits per heavy atom. The molecule has 12 nitrogen and oxygen atoms in total. The van der Waals surface area contributed by atoms with E-state index in [0.29, 0.717) is 31.3 Å². The highest BCUT2D eigenvalue weighted by Gasteiger charge is 2.37. The molecule has 0 saturated carbocycles. The van der Waals surface area contributed by atoms with Crippen molar-refractivity contribution in [2.45, 2.75) is 104 Å². The van der Waals surface area contributed by atoms with E-state index in [1.165, 1.54) is 11.3 Å². The van der Waals surface area contributed by atoms with Crippen molar-refractivity contribution in [3.63, 3.8) is 0 Å². The van der Waals surface area contributed by atoms with E-state index in [4.69, 9.17) is 10.6 Å². The number of hydrazine groups is 1. The molecule has 1 saturated heterocycles. The third kappa shape index (κ3) is 12.6. The number of aromatic nitrogens is 1. The van der Waals surface area contributed by atoms with Crippen molar-refractivity contribution >= 4 is 35.0 Å². The standard InChI is InChI=1S/C40H61N7O5S/c1-9-22-52-25-47(40(51)36(27(5)10-2)44-39(50)34-18-14-15-21-46(34)8)33(26(3)4)19-20-35-42-32(24-53-35)38(49)43-31(23-30-16-12-11-13-17-30)28(6)29(7)37(48)45-41/h9,11-13,16-17,24,26-27,29,31,33-34,36H,1,6,10,14-15,18-23,25,41H2,2-5,7-8H3,(H,43,49)(H,44,50)(H,45,48)/t27?,29-,31-,33?,34+,36-/m0/s1. The van der Waals surface area contributed by atoms with Crippen LogP contribution in [0.5, 0.6) is 0 Å². The fraction of sp³-hybridized carbons (Fsp3) is 0.575. The quantitative estimate of drug-likeness (QED) is 0.0359. The summed E-state index contributed by atoms with van der Waals surface area (Å²) >= 11 is 1.38. The molecule has 0 radical (unpaired) electrons. The number of rotatable bonds is 21. The smallest absolute Gasteiger partial charge is 0.271 e. The van der Waals surface area contributed by atoms with Crippen LogP contribution in [0, 0.1) is 17.8 Å². The van der Waals surface area contributed by atoms with Gasteiger partial charge in [-0.25, -0.2) is 10.8 Å². The zero-order chi connectivity index (χ0) is 39.1. The van der Waals surface area contributed by atoms with Crippen LogP contribution in [0.3, 0.4) is 0 Å². The zero-order valence-electron chi connectivity index (χ0n) is 32.4. The van der Waals surface area contributed by atoms with Crippen LogP contribution in [0.1, 0.15) is 87.8 Å². The first-order chi connectivity index (χ1) is 25.3. The van der Waals surface area contributed by atoms with Crippen LogP contribution in [0.2, 0.25) is 0 Å². The lowest BCUT2D eigenvalue weighted by Gasteiger charge is -2.39. The molecule has 53 heavy (non-hydrogen) atoms. The molecule has 4 amide bonds. The molecule has 1 fully saturated rings. The summed E-state index contributed by atoms with van der Waals surface area (Å²) in [6, 6.07) is 7.93. The van der Waals surface area contributed by atoms with Crippen LogP contribution in [0.4, 0.5) is 0 Å². The average Bonchev–Trinajstić information content (AvgIpc) is 3.64. The van der Waals surface area contributed by atoms with Crippen molar-refractivity contribution in [1.82, 2.24) is 30.8 Å². The third-order valence-corrected chi connectivity index (χ3v) is 11.2. The van der Waals surface area contributed by atoms with E-state index >= 15 is 0 Å². The number of likely N-dealkylation sites (N-methyl/N-ethyl adjacent to an activating group) is 1. The number of carbonyl (C=O) groups is 4. The van der Waals surface area contributed by atoms with Gasteiger partial charge in [0.2, 0.25) is 17.7 Å². The van der Waals surface area contributed by atoms with E-state index in [1.807, 2.05) is 51.2 Å². The van der Waals surface area contributed by atoms with Gasteiger partial charge in [-0.2, -0.15) is 0 Å². The van der Waals surface area contributed by atoms with Crippen LogP contribution < -0.4 is 21.9 Å². The Kier molecular flexibility index (Phi) is 17.8. The van der Waals surface area contributed by atoms with Gasteiger partial charge in [0.05, 0.1) is 29.6 Å². The van der Waals surface area contributed by atoms with Gasteiger partial charge in [-0.05, 0) is 69.2 Å². The van der Waals surface area contributed by atoms with Crippen molar-refractivity contribution in [2.75, 3.05) is 26.9 Å². The summed E-state index contributed by atoms with van der Waals surface area (Å²) in [6.07, 6.45) is 6.71. The van der Waals surface area contributed by atoms with E-state index < -0.39 is 23.9 Å². The van der Waals surface area contributed by atoms with Crippen LogP contribution >= 0.6 is 11.3 Å². The number of piperidine rings is 1. The molecule has 1 aliphatic rings. The van der Waals surface area contributed by atoms with Gasteiger partial charge in [0, 0.05) is 17.8 Å². The second-order valence-corrected chi connectivity index (χ2v) is 15.4. The van der Waals surface area contributed by atoms with E-state index in [0.717, 1.165) is 36.4 Å². The highest BCUT2D eigenvalue weighted by molar-refractivity contribution is 7.09. The lowest BCUT2D eigenvalue weighted by Crippen LogP contribution is -2.59. The average molecular weight is 752 g/mol. The van der Waals surface area contributed by atoms with Gasteiger partial charge >= 0.3 is 0 Å². The molecule has 3 rings (SSSR count). The number of carbonyl (C=O) groups excluding carboxylic acids is 4. The van der Waals surface area contributed by atoms with Crippen LogP contribution in [0.15, 0.2) is 60.5 Å². The highest BCUT2D eigenvalue weighted by Crippen LogP contribution is 2.24. The van der Waals surface area contributed by atoms with Gasteiger partial charge in [-0.1, -0.05) is 83.5 Å². The summed E-state index contributed by atoms with van der Waals surface area (Å²) in [4.78, 5) is 62.4. The van der Waals surface area contributed by atoms with E-state index in [2.05, 4.69) is 52.9 Å². The zero-order valence-corrected chi connectivity index (χ0v) is 33.3. The number of thiazole rings is 1. The number of nitrogens with one attached hydrogen (secondary N) is 3. The van der Waals surface area contributed by atoms with Crippen LogP contribution in [-0.4, -0.2) is 89.5 Å². The molecular weight excluding hydrogens is 691 g/mol. The van der Waals surface area contributed by atoms with E-state index in [-0.39, 0.29) is 60.7 Å². The maximum Gasteiger partial charge on any atom is 0.271 e. The minimum Gasteiger partial charge on any atom is -0.357 e. The van der Waals surface area contributed by atoms with Crippen molar-refractivity contribution in [2.24, 2.45) is 23.6 Å². The van der Waals surface area contributed by atoms with E-state index in [9.17, 15) is 19.2 Å². The first-order valence-corrected chi connectivity index (χ1v) is 19.7. The molecule has 2 heterocycles. The third-order valence-electron chi connectivity index (χ3n) is 10.3. The fourth-order valence-electron chi connectivity index (χ4n) is 6.68. The maximum absolute atomic E-state index is 14.5. The summed E-state index contributed by atoms with van der Waals surface area (Å²) in [7, 11) is 1.96. The number of hydrogen-bond donors (Lipinski definition) is 4. The summed E-state index contributed by atoms with van der Waals surface area (Å²) in [5.74, 6) is 3.68. The number of aryl methyl sites for hydroxylation is 1. The molecule has 2 unspecified atom stereocenters. The van der Waals surface area contributed by atoms with Gasteiger partial charge in [0.1, 0.15) is 18.5 Å². The molecule has 0 aliphatic carbocycles. The Labute approximate surface area is 320 Å². The normalized spacial score (nSPS) is 17.5. The number of nitrogens with zero attached hydrogens (tertiary/aromatic N) is 3. The second kappa shape index (κ2) is 21.7. The van der Waals surface area contributed by atoms with Crippen LogP contribution in [0.25, 0.3) is 0 Å². The molecule has 5 N–H and O–H groups in total. The molecule has 0 spiro atoms. The molecule has 292 valence electrons. The number of benzene rings is 1. The first kappa shape index (κ1) is 43.5. The lowest BCUT2D eigenvalue weighted by atomic mass is 9.90. The van der Waals surface area contributed by atoms with Gasteiger partial charge in [0.25, 0.3) is 5.91 Å². The minimum atomic E-state index is -0.705. The first-order valence-electron chi connectivity index (χ1n) is 18.8. The molecule has 1 aliphatic heterocycles. The van der Waals surface area contributed by atoms with E-state index in [1.54, 1.807) is 23.3 Å². The second-order valence-electron chi connectivity index (χ2n) is 14.5. The summed E-state index contributed by atoms with van der Waals surface area (Å²) in [6.45, 7) is 18.9. The Bertz CT molecular complexity index is 1520. The summed E-state index contributed by atoms with van der Waals surface area (Å²) < 4.78 is 5.89. The molecule has 1 aromatic carbocycles. The number of nitrogens with two attached hydrogens (primary N) is 1. The van der Waals surface area contributed by atoms with Crippen molar-refractivity contribution in [1.29, 1.82) is 0 Å². The molecule has 6 atom stereocenters. The van der Waals surface area contributed by atoms with Gasteiger partial charge in [-0.3, -0.25) is 29.5 Å². The Morgan fingerprint density at radius 1 is 1.13 bits per heavy atom. The maximum atomic E-state index is 14.5. The minimum absolute atomic E-state index is 0.0542. The number of hydrogen-bond acceptors (Lipinski definition) is 9. The monoisotopic (exact) mass is 751 g/mol. The molecule has 0 bridgehead atoms. The number of amides is 4. The fourth-order valence-corrected chi connectivity index (χ4v) is 7.47. The Morgan fingerprint density at radius 3 is 2.47 bits per heavy atom. The number of likely N-dealkylation sites (tertiary alicyclic amines) is 1. The molecule has 13 heteroatoms. The molecule has 2 aromatic rings. The Balaban J connectivity index is 1.79. The molecular formula is C40H61N7O5S. The van der Waals surface area contributed by atoms with Crippen molar-refractivity contribution in [3.05, 3.63) is 76.8 Å². The molecule has 1 aromatic heterocycles. The topological polar surface area (TPSA) is 159 Å². The van der Waals surface area contributed by atoms with Crippen LogP contribution in [-0.2, 0) is 32.0 Å². The summed E-state index contributed by atoms with van der Waals surface area (Å²) in [5.41, 5.74) is 3.94. The van der Waals surface area contributed by atoms with Gasteiger partial charge in [0.15, 0.2) is 0 Å². The SMILES string of the molecule is C=CCOCN(C(=O)[C@@H](NC(=O)[C@H]1CCCCN1C)C(C)CC)C(CCc1nc(C(=O)N[C@@H](Cc2ccccc2)C(=C)[C@H](C)C(=O)NN)cs1)C(C)C. The van der Waals surface area contributed by atoms with Gasteiger partial charge in [-0.15, -0.1) is 17.9 Å². The largest absolute Gasteiger partial charge is 0.357 e. The Hall–Kier alpha value is -3.91. The summed E-state index contributed by atoms with van der Waals surface area (Å²) in [5, 5.41) is 8.65. The predicted molar refractivity (Wildman–Crippen MR) is 211 cm³/mol. The number of ether oxygens (including phenoxy) is 1. The lowest BCUT2D eigenvalue weighted by molar-refractivity contribution is -0.148. The highest BCUT2D eigenvalue weighted by atomic mass is 32.1. The van der Waals surface area contributed by atoms with Gasteiger partial charge < -0.3 is 20.3 Å². The predicted octanol–water partition coefficient (Wildman–Crippen LogP) is 4.63. The van der Waals surface area contributed by atoms with Crippen molar-refractivity contribution < 1.29 is 23.9 Å². The van der Waals surface area contributed by atoms with Crippen molar-refractivity contribution in [3.8, 4) is 0 Å².